The van der Waals surface area contributed by atoms with Crippen LogP contribution >= 0.6 is 11.6 Å². The molecule has 0 N–H and O–H groups in total. The molecule has 0 unspecified atom stereocenters. The molecule has 1 aromatic carbocycles. The van der Waals surface area contributed by atoms with Crippen molar-refractivity contribution in [3.8, 4) is 11.4 Å². The maximum absolute atomic E-state index is 11.8. The quantitative estimate of drug-likeness (QED) is 0.806. The number of anilines is 1. The molecule has 1 aliphatic carbocycles. The summed E-state index contributed by atoms with van der Waals surface area (Å²) in [5.74, 6) is 0.190. The summed E-state index contributed by atoms with van der Waals surface area (Å²) in [6.45, 7) is 0. The number of nitrogens with zero attached hydrogens (tertiary/aromatic N) is 3. The molecule has 3 rings (SSSR count). The van der Waals surface area contributed by atoms with E-state index in [1.54, 1.807) is 0 Å². The summed E-state index contributed by atoms with van der Waals surface area (Å²) in [5, 5.41) is 3.91. The molecule has 1 aliphatic rings. The maximum atomic E-state index is 11.8. The molecular weight excluding hydrogens is 266 g/mol. The van der Waals surface area contributed by atoms with Crippen molar-refractivity contribution < 1.29 is 9.32 Å². The Hall–Kier alpha value is -1.88. The van der Waals surface area contributed by atoms with Crippen molar-refractivity contribution in [3.05, 3.63) is 30.3 Å². The Morgan fingerprint density at radius 1 is 1.37 bits per heavy atom. The van der Waals surface area contributed by atoms with Crippen LogP contribution in [0.4, 0.5) is 6.01 Å². The van der Waals surface area contributed by atoms with Gasteiger partial charge in [0.25, 0.3) is 0 Å². The largest absolute Gasteiger partial charge is 0.331 e. The molecule has 1 saturated carbocycles. The van der Waals surface area contributed by atoms with Gasteiger partial charge in [0.15, 0.2) is 0 Å². The van der Waals surface area contributed by atoms with Gasteiger partial charge in [0.05, 0.1) is 0 Å². The molecule has 6 heteroatoms. The number of hydrogen-bond donors (Lipinski definition) is 0. The minimum Gasteiger partial charge on any atom is -0.314 e. The third kappa shape index (κ3) is 2.46. The van der Waals surface area contributed by atoms with E-state index >= 15 is 0 Å². The van der Waals surface area contributed by atoms with E-state index in [0.29, 0.717) is 5.82 Å². The first-order chi connectivity index (χ1) is 9.29. The van der Waals surface area contributed by atoms with Gasteiger partial charge in [-0.05, 0) is 12.8 Å². The Morgan fingerprint density at radius 3 is 2.74 bits per heavy atom. The average molecular weight is 278 g/mol. The number of alkyl halides is 1. The molecule has 0 saturated heterocycles. The fourth-order valence-electron chi connectivity index (χ4n) is 1.88. The fourth-order valence-corrected chi connectivity index (χ4v) is 2.01. The Balaban J connectivity index is 1.89. The molecule has 98 valence electrons. The highest BCUT2D eigenvalue weighted by Crippen LogP contribution is 2.32. The van der Waals surface area contributed by atoms with Gasteiger partial charge in [0.1, 0.15) is 5.88 Å². The summed E-state index contributed by atoms with van der Waals surface area (Å²) in [5.41, 5.74) is 0.853. The van der Waals surface area contributed by atoms with Crippen molar-refractivity contribution in [1.82, 2.24) is 10.1 Å². The number of halogens is 1. The molecule has 19 heavy (non-hydrogen) atoms. The minimum absolute atomic E-state index is 0.0838. The van der Waals surface area contributed by atoms with Crippen LogP contribution in [0, 0.1) is 0 Å². The molecule has 0 spiro atoms. The van der Waals surface area contributed by atoms with Gasteiger partial charge in [-0.2, -0.15) is 4.98 Å². The van der Waals surface area contributed by atoms with Crippen molar-refractivity contribution in [2.45, 2.75) is 18.9 Å². The summed E-state index contributed by atoms with van der Waals surface area (Å²) in [7, 11) is 0. The van der Waals surface area contributed by atoms with Gasteiger partial charge >= 0.3 is 6.01 Å². The fraction of sp³-hybridized carbons (Fsp3) is 0.308. The number of hydrogen-bond acceptors (Lipinski definition) is 4. The normalized spacial score (nSPS) is 14.4. The van der Waals surface area contributed by atoms with E-state index in [4.69, 9.17) is 16.1 Å². The van der Waals surface area contributed by atoms with Gasteiger partial charge in [-0.25, -0.2) is 0 Å². The van der Waals surface area contributed by atoms with Gasteiger partial charge in [-0.15, -0.1) is 11.6 Å². The molecule has 0 bridgehead atoms. The lowest BCUT2D eigenvalue weighted by Crippen LogP contribution is -2.34. The summed E-state index contributed by atoms with van der Waals surface area (Å²) in [6, 6.07) is 9.86. The Morgan fingerprint density at radius 2 is 2.11 bits per heavy atom. The maximum Gasteiger partial charge on any atom is 0.331 e. The van der Waals surface area contributed by atoms with Crippen molar-refractivity contribution in [1.29, 1.82) is 0 Å². The summed E-state index contributed by atoms with van der Waals surface area (Å²) in [6.07, 6.45) is 1.90. The number of benzene rings is 1. The minimum atomic E-state index is -0.201. The molecule has 0 radical (unpaired) electrons. The van der Waals surface area contributed by atoms with Gasteiger partial charge in [-0.1, -0.05) is 35.5 Å². The zero-order chi connectivity index (χ0) is 13.2. The zero-order valence-electron chi connectivity index (χ0n) is 10.1. The second-order valence-electron chi connectivity index (χ2n) is 4.40. The van der Waals surface area contributed by atoms with Crippen LogP contribution in [-0.2, 0) is 4.79 Å². The lowest BCUT2D eigenvalue weighted by Gasteiger charge is -2.15. The van der Waals surface area contributed by atoms with Crippen LogP contribution < -0.4 is 4.90 Å². The topological polar surface area (TPSA) is 59.2 Å². The van der Waals surface area contributed by atoms with Crippen LogP contribution in [0.5, 0.6) is 0 Å². The second kappa shape index (κ2) is 5.01. The van der Waals surface area contributed by atoms with Gasteiger partial charge < -0.3 is 4.52 Å². The van der Waals surface area contributed by atoms with E-state index < -0.39 is 0 Å². The van der Waals surface area contributed by atoms with E-state index in [1.807, 2.05) is 30.3 Å². The monoisotopic (exact) mass is 277 g/mol. The van der Waals surface area contributed by atoms with Crippen molar-refractivity contribution in [2.24, 2.45) is 0 Å². The van der Waals surface area contributed by atoms with E-state index in [9.17, 15) is 4.79 Å². The summed E-state index contributed by atoms with van der Waals surface area (Å²) < 4.78 is 5.19. The third-order valence-electron chi connectivity index (χ3n) is 2.95. The Kier molecular flexibility index (Phi) is 3.21. The van der Waals surface area contributed by atoms with E-state index in [-0.39, 0.29) is 23.8 Å². The third-order valence-corrected chi connectivity index (χ3v) is 3.18. The number of carbonyl (C=O) groups excluding carboxylic acids is 1. The van der Waals surface area contributed by atoms with Gasteiger partial charge in [0.2, 0.25) is 11.7 Å². The van der Waals surface area contributed by atoms with E-state index in [2.05, 4.69) is 10.1 Å². The first kappa shape index (κ1) is 12.2. The predicted molar refractivity (Wildman–Crippen MR) is 71.0 cm³/mol. The highest BCUT2D eigenvalue weighted by molar-refractivity contribution is 6.29. The van der Waals surface area contributed by atoms with Crippen molar-refractivity contribution in [2.75, 3.05) is 10.8 Å². The van der Waals surface area contributed by atoms with Crippen molar-refractivity contribution >= 4 is 23.5 Å². The van der Waals surface area contributed by atoms with Crippen LogP contribution in [0.15, 0.2) is 34.9 Å². The van der Waals surface area contributed by atoms with Crippen LogP contribution in [0.1, 0.15) is 12.8 Å². The Bertz CT molecular complexity index is 581. The molecule has 1 aromatic heterocycles. The molecule has 2 aromatic rings. The number of rotatable bonds is 4. The second-order valence-corrected chi connectivity index (χ2v) is 4.66. The molecule has 0 atom stereocenters. The molecule has 0 aliphatic heterocycles. The molecule has 1 heterocycles. The highest BCUT2D eigenvalue weighted by atomic mass is 35.5. The van der Waals surface area contributed by atoms with E-state index in [1.165, 1.54) is 4.90 Å². The SMILES string of the molecule is O=C(CCl)N(c1nc(-c2ccccc2)no1)C1CC1. The Labute approximate surface area is 115 Å². The predicted octanol–water partition coefficient (Wildman–Crippen LogP) is 2.47. The number of aromatic nitrogens is 2. The summed E-state index contributed by atoms with van der Waals surface area (Å²) >= 11 is 5.61. The molecular formula is C13H12ClN3O2. The highest BCUT2D eigenvalue weighted by Gasteiger charge is 2.36. The van der Waals surface area contributed by atoms with Crippen LogP contribution in [0.25, 0.3) is 11.4 Å². The number of amides is 1. The average Bonchev–Trinajstić information content (AvgIpc) is 3.16. The number of carbonyl (C=O) groups is 1. The molecule has 1 amide bonds. The first-order valence-corrected chi connectivity index (χ1v) is 6.60. The van der Waals surface area contributed by atoms with Gasteiger partial charge in [0, 0.05) is 11.6 Å². The van der Waals surface area contributed by atoms with Crippen LogP contribution in [0.3, 0.4) is 0 Å². The van der Waals surface area contributed by atoms with E-state index in [0.717, 1.165) is 18.4 Å². The first-order valence-electron chi connectivity index (χ1n) is 6.07. The van der Waals surface area contributed by atoms with Crippen LogP contribution in [0.2, 0.25) is 0 Å². The van der Waals surface area contributed by atoms with Crippen LogP contribution in [-0.4, -0.2) is 28.0 Å². The van der Waals surface area contributed by atoms with Crippen molar-refractivity contribution in [3.63, 3.8) is 0 Å². The lowest BCUT2D eigenvalue weighted by molar-refractivity contribution is -0.116. The lowest BCUT2D eigenvalue weighted by atomic mass is 10.2. The van der Waals surface area contributed by atoms with Gasteiger partial charge in [-0.3, -0.25) is 9.69 Å². The zero-order valence-corrected chi connectivity index (χ0v) is 10.9. The standard InChI is InChI=1S/C13H12ClN3O2/c14-8-11(18)17(10-6-7-10)13-15-12(16-19-13)9-4-2-1-3-5-9/h1-5,10H,6-8H2. The molecule has 5 nitrogen and oxygen atoms in total. The smallest absolute Gasteiger partial charge is 0.314 e. The summed E-state index contributed by atoms with van der Waals surface area (Å²) in [4.78, 5) is 17.6. The molecule has 1 fully saturated rings.